The molecule has 1 N–H and O–H groups in total. The van der Waals surface area contributed by atoms with Crippen molar-refractivity contribution in [1.29, 1.82) is 0 Å². The number of hydrogen-bond acceptors (Lipinski definition) is 2. The number of aryl methyl sites for hydroxylation is 1. The molecule has 0 aromatic heterocycles. The molecule has 1 aromatic rings. The largest absolute Gasteiger partial charge is 0.490 e. The maximum absolute atomic E-state index is 5.91. The summed E-state index contributed by atoms with van der Waals surface area (Å²) >= 11 is 3.46. The van der Waals surface area contributed by atoms with Crippen molar-refractivity contribution >= 4 is 15.9 Å². The van der Waals surface area contributed by atoms with Gasteiger partial charge in [0.25, 0.3) is 0 Å². The fourth-order valence-corrected chi connectivity index (χ4v) is 1.88. The molecule has 0 bridgehead atoms. The molecule has 3 heteroatoms. The summed E-state index contributed by atoms with van der Waals surface area (Å²) in [7, 11) is 1.98. The molecule has 90 valence electrons. The van der Waals surface area contributed by atoms with E-state index < -0.39 is 0 Å². The van der Waals surface area contributed by atoms with Crippen molar-refractivity contribution in [3.63, 3.8) is 0 Å². The third-order valence-corrected chi connectivity index (χ3v) is 3.01. The molecule has 0 heterocycles. The van der Waals surface area contributed by atoms with Crippen LogP contribution in [0.2, 0.25) is 0 Å². The Bertz CT molecular complexity index is 328. The lowest BCUT2D eigenvalue weighted by Gasteiger charge is -2.16. The van der Waals surface area contributed by atoms with Gasteiger partial charge in [-0.25, -0.2) is 0 Å². The van der Waals surface area contributed by atoms with Crippen LogP contribution in [0.3, 0.4) is 0 Å². The molecule has 2 nitrogen and oxygen atoms in total. The summed E-state index contributed by atoms with van der Waals surface area (Å²) in [5.41, 5.74) is 1.18. The van der Waals surface area contributed by atoms with Crippen LogP contribution in [0.1, 0.15) is 25.3 Å². The molecule has 1 aromatic carbocycles. The van der Waals surface area contributed by atoms with E-state index in [2.05, 4.69) is 41.2 Å². The number of hydrogen-bond donors (Lipinski definition) is 1. The molecule has 0 aliphatic carbocycles. The molecule has 0 aliphatic rings. The summed E-state index contributed by atoms with van der Waals surface area (Å²) in [4.78, 5) is 0. The summed E-state index contributed by atoms with van der Waals surface area (Å²) in [6, 6.07) is 6.14. The smallest absolute Gasteiger partial charge is 0.123 e. The number of rotatable bonds is 6. The number of ether oxygens (including phenoxy) is 1. The molecule has 16 heavy (non-hydrogen) atoms. The molecule has 0 fully saturated rings. The van der Waals surface area contributed by atoms with Crippen molar-refractivity contribution in [1.82, 2.24) is 5.32 Å². The van der Waals surface area contributed by atoms with Gasteiger partial charge in [0.05, 0.1) is 6.10 Å². The zero-order valence-electron chi connectivity index (χ0n) is 10.2. The minimum absolute atomic E-state index is 0.265. The molecule has 0 radical (unpaired) electrons. The highest BCUT2D eigenvalue weighted by Crippen LogP contribution is 2.24. The zero-order chi connectivity index (χ0) is 12.0. The van der Waals surface area contributed by atoms with Gasteiger partial charge in [0.2, 0.25) is 0 Å². The van der Waals surface area contributed by atoms with Crippen molar-refractivity contribution in [2.24, 2.45) is 0 Å². The molecule has 0 saturated carbocycles. The first kappa shape index (κ1) is 13.5. The quantitative estimate of drug-likeness (QED) is 0.808. The Labute approximate surface area is 107 Å². The lowest BCUT2D eigenvalue weighted by Crippen LogP contribution is -2.16. The summed E-state index contributed by atoms with van der Waals surface area (Å²) in [5, 5.41) is 3.14. The Morgan fingerprint density at radius 2 is 2.19 bits per heavy atom. The highest BCUT2D eigenvalue weighted by Gasteiger charge is 2.06. The molecule has 0 amide bonds. The number of halogens is 1. The Morgan fingerprint density at radius 1 is 1.44 bits per heavy atom. The Morgan fingerprint density at radius 3 is 2.88 bits per heavy atom. The monoisotopic (exact) mass is 285 g/mol. The summed E-state index contributed by atoms with van der Waals surface area (Å²) in [6.07, 6.45) is 2.48. The average Bonchev–Trinajstić information content (AvgIpc) is 2.24. The third-order valence-electron chi connectivity index (χ3n) is 2.52. The first-order chi connectivity index (χ1) is 7.63. The number of benzene rings is 1. The van der Waals surface area contributed by atoms with Crippen LogP contribution in [0.4, 0.5) is 0 Å². The van der Waals surface area contributed by atoms with E-state index in [1.165, 1.54) is 5.56 Å². The maximum Gasteiger partial charge on any atom is 0.123 e. The highest BCUT2D eigenvalue weighted by atomic mass is 79.9. The second-order valence-corrected chi connectivity index (χ2v) is 5.00. The van der Waals surface area contributed by atoms with Crippen molar-refractivity contribution < 1.29 is 4.74 Å². The van der Waals surface area contributed by atoms with Crippen LogP contribution in [-0.2, 0) is 0 Å². The Kier molecular flexibility index (Phi) is 5.85. The van der Waals surface area contributed by atoms with Gasteiger partial charge in [-0.15, -0.1) is 0 Å². The van der Waals surface area contributed by atoms with Crippen LogP contribution in [0.15, 0.2) is 22.7 Å². The minimum atomic E-state index is 0.265. The van der Waals surface area contributed by atoms with Gasteiger partial charge in [-0.2, -0.15) is 0 Å². The number of nitrogens with one attached hydrogen (secondary N) is 1. The first-order valence-corrected chi connectivity index (χ1v) is 6.50. The Hall–Kier alpha value is -0.540. The van der Waals surface area contributed by atoms with Crippen molar-refractivity contribution in [3.05, 3.63) is 28.2 Å². The third kappa shape index (κ3) is 4.54. The molecule has 0 spiro atoms. The van der Waals surface area contributed by atoms with Gasteiger partial charge in [0.15, 0.2) is 0 Å². The van der Waals surface area contributed by atoms with E-state index in [-0.39, 0.29) is 6.10 Å². The van der Waals surface area contributed by atoms with Gasteiger partial charge in [-0.1, -0.05) is 22.0 Å². The summed E-state index contributed by atoms with van der Waals surface area (Å²) < 4.78 is 6.98. The van der Waals surface area contributed by atoms with Gasteiger partial charge in [-0.05, 0) is 58.0 Å². The highest BCUT2D eigenvalue weighted by molar-refractivity contribution is 9.10. The van der Waals surface area contributed by atoms with Crippen molar-refractivity contribution in [3.8, 4) is 5.75 Å². The fraction of sp³-hybridized carbons (Fsp3) is 0.538. The second kappa shape index (κ2) is 6.92. The van der Waals surface area contributed by atoms with E-state index in [0.29, 0.717) is 0 Å². The zero-order valence-corrected chi connectivity index (χ0v) is 11.8. The lowest BCUT2D eigenvalue weighted by atomic mass is 10.2. The molecular weight excluding hydrogens is 266 g/mol. The van der Waals surface area contributed by atoms with Gasteiger partial charge < -0.3 is 10.1 Å². The van der Waals surface area contributed by atoms with Crippen LogP contribution in [0.25, 0.3) is 0 Å². The van der Waals surface area contributed by atoms with Crippen LogP contribution >= 0.6 is 15.9 Å². The van der Waals surface area contributed by atoms with E-state index in [9.17, 15) is 0 Å². The van der Waals surface area contributed by atoms with Crippen LogP contribution in [0, 0.1) is 6.92 Å². The predicted molar refractivity (Wildman–Crippen MR) is 72.1 cm³/mol. The van der Waals surface area contributed by atoms with E-state index in [0.717, 1.165) is 29.6 Å². The SMILES string of the molecule is CNCCCC(C)Oc1cc(Br)ccc1C. The summed E-state index contributed by atoms with van der Waals surface area (Å²) in [5.74, 6) is 0.978. The van der Waals surface area contributed by atoms with Crippen LogP contribution < -0.4 is 10.1 Å². The molecular formula is C13H20BrNO. The molecule has 1 unspecified atom stereocenters. The van der Waals surface area contributed by atoms with Gasteiger partial charge in [0.1, 0.15) is 5.75 Å². The van der Waals surface area contributed by atoms with Gasteiger partial charge in [0, 0.05) is 4.47 Å². The summed E-state index contributed by atoms with van der Waals surface area (Å²) in [6.45, 7) is 5.24. The van der Waals surface area contributed by atoms with E-state index in [1.54, 1.807) is 0 Å². The van der Waals surface area contributed by atoms with Crippen LogP contribution in [-0.4, -0.2) is 19.7 Å². The topological polar surface area (TPSA) is 21.3 Å². The van der Waals surface area contributed by atoms with Gasteiger partial charge >= 0.3 is 0 Å². The van der Waals surface area contributed by atoms with Gasteiger partial charge in [-0.3, -0.25) is 0 Å². The van der Waals surface area contributed by atoms with E-state index in [4.69, 9.17) is 4.74 Å². The normalized spacial score (nSPS) is 12.5. The van der Waals surface area contributed by atoms with E-state index >= 15 is 0 Å². The second-order valence-electron chi connectivity index (χ2n) is 4.08. The van der Waals surface area contributed by atoms with Crippen molar-refractivity contribution in [2.75, 3.05) is 13.6 Å². The average molecular weight is 286 g/mol. The molecule has 1 rings (SSSR count). The standard InChI is InChI=1S/C13H20BrNO/c1-10-6-7-12(14)9-13(10)16-11(2)5-4-8-15-3/h6-7,9,11,15H,4-5,8H2,1-3H3. The van der Waals surface area contributed by atoms with Crippen molar-refractivity contribution in [2.45, 2.75) is 32.8 Å². The Balaban J connectivity index is 2.48. The van der Waals surface area contributed by atoms with Crippen LogP contribution in [0.5, 0.6) is 5.75 Å². The van der Waals surface area contributed by atoms with E-state index in [1.807, 2.05) is 19.2 Å². The fourth-order valence-electron chi connectivity index (χ4n) is 1.54. The predicted octanol–water partition coefficient (Wildman–Crippen LogP) is 3.52. The minimum Gasteiger partial charge on any atom is -0.490 e. The molecule has 0 aliphatic heterocycles. The molecule has 1 atom stereocenters. The maximum atomic E-state index is 5.91. The molecule has 0 saturated heterocycles. The first-order valence-electron chi connectivity index (χ1n) is 5.71. The lowest BCUT2D eigenvalue weighted by molar-refractivity contribution is 0.206.